The molecule has 2 aromatic rings. The topological polar surface area (TPSA) is 49.3 Å². The molecule has 0 fully saturated rings. The molecule has 130 valence electrons. The summed E-state index contributed by atoms with van der Waals surface area (Å²) in [6.45, 7) is 6.56. The molecule has 0 aliphatic rings. The van der Waals surface area contributed by atoms with E-state index in [1.165, 1.54) is 4.90 Å². The van der Waals surface area contributed by atoms with Gasteiger partial charge in [0.15, 0.2) is 5.96 Å². The fourth-order valence-corrected chi connectivity index (χ4v) is 2.95. The minimum Gasteiger partial charge on any atom is -0.357 e. The molecule has 0 saturated heterocycles. The Kier molecular flexibility index (Phi) is 10.5. The maximum atomic E-state index is 4.59. The summed E-state index contributed by atoms with van der Waals surface area (Å²) in [6.07, 6.45) is 1.80. The van der Waals surface area contributed by atoms with E-state index < -0.39 is 0 Å². The highest BCUT2D eigenvalue weighted by Crippen LogP contribution is 2.21. The van der Waals surface area contributed by atoms with E-state index >= 15 is 0 Å². The van der Waals surface area contributed by atoms with Gasteiger partial charge < -0.3 is 10.6 Å². The van der Waals surface area contributed by atoms with Gasteiger partial charge in [-0.25, -0.2) is 4.99 Å². The first kappa shape index (κ1) is 20.8. The predicted octanol–water partition coefficient (Wildman–Crippen LogP) is 3.94. The molecule has 6 heteroatoms. The maximum Gasteiger partial charge on any atom is 0.191 e. The molecule has 1 atom stereocenters. The largest absolute Gasteiger partial charge is 0.357 e. The smallest absolute Gasteiger partial charge is 0.191 e. The molecule has 0 bridgehead atoms. The van der Waals surface area contributed by atoms with E-state index in [4.69, 9.17) is 0 Å². The minimum absolute atomic E-state index is 0. The number of aliphatic imine (C=N–C) groups is 1. The Morgan fingerprint density at radius 3 is 2.54 bits per heavy atom. The number of pyridine rings is 1. The number of aromatic nitrogens is 1. The Morgan fingerprint density at radius 1 is 1.12 bits per heavy atom. The highest BCUT2D eigenvalue weighted by Gasteiger charge is 2.05. The average molecular weight is 456 g/mol. The molecule has 1 aromatic heterocycles. The Bertz CT molecular complexity index is 592. The fraction of sp³-hybridized carbons (Fsp3) is 0.333. The van der Waals surface area contributed by atoms with Crippen LogP contribution in [0.15, 0.2) is 64.6 Å². The van der Waals surface area contributed by atoms with Crippen molar-refractivity contribution in [2.75, 3.05) is 13.1 Å². The van der Waals surface area contributed by atoms with Gasteiger partial charge in [0.25, 0.3) is 0 Å². The summed E-state index contributed by atoms with van der Waals surface area (Å²) in [5.74, 6) is 0.832. The van der Waals surface area contributed by atoms with Crippen molar-refractivity contribution in [1.29, 1.82) is 0 Å². The molecule has 1 heterocycles. The molecule has 0 spiro atoms. The molecule has 0 saturated carbocycles. The van der Waals surface area contributed by atoms with E-state index in [1.807, 2.05) is 36.0 Å². The SMILES string of the molecule is CCNC(=NCc1ccccn1)NCC(C)Sc1ccccc1.I. The molecule has 2 N–H and O–H groups in total. The number of guanidine groups is 1. The maximum absolute atomic E-state index is 4.59. The lowest BCUT2D eigenvalue weighted by Crippen LogP contribution is -2.40. The molecule has 1 unspecified atom stereocenters. The highest BCUT2D eigenvalue weighted by molar-refractivity contribution is 14.0. The van der Waals surface area contributed by atoms with Gasteiger partial charge in [0, 0.05) is 29.4 Å². The van der Waals surface area contributed by atoms with Crippen LogP contribution >= 0.6 is 35.7 Å². The van der Waals surface area contributed by atoms with E-state index in [0.29, 0.717) is 11.8 Å². The monoisotopic (exact) mass is 456 g/mol. The first-order valence-corrected chi connectivity index (χ1v) is 8.79. The molecule has 0 amide bonds. The average Bonchev–Trinajstić information content (AvgIpc) is 2.59. The Morgan fingerprint density at radius 2 is 1.88 bits per heavy atom. The molecule has 1 aromatic carbocycles. The first-order valence-electron chi connectivity index (χ1n) is 7.91. The van der Waals surface area contributed by atoms with E-state index in [-0.39, 0.29) is 24.0 Å². The predicted molar refractivity (Wildman–Crippen MR) is 114 cm³/mol. The second-order valence-electron chi connectivity index (χ2n) is 5.14. The first-order chi connectivity index (χ1) is 11.3. The van der Waals surface area contributed by atoms with Crippen molar-refractivity contribution in [1.82, 2.24) is 15.6 Å². The van der Waals surface area contributed by atoms with Gasteiger partial charge >= 0.3 is 0 Å². The summed E-state index contributed by atoms with van der Waals surface area (Å²) in [7, 11) is 0. The van der Waals surface area contributed by atoms with Crippen LogP contribution in [0.5, 0.6) is 0 Å². The quantitative estimate of drug-likeness (QED) is 0.287. The van der Waals surface area contributed by atoms with Crippen molar-refractivity contribution in [2.45, 2.75) is 30.5 Å². The van der Waals surface area contributed by atoms with Crippen LogP contribution in [-0.4, -0.2) is 29.3 Å². The molecule has 0 radical (unpaired) electrons. The number of nitrogens with one attached hydrogen (secondary N) is 2. The van der Waals surface area contributed by atoms with Gasteiger partial charge in [0.1, 0.15) is 0 Å². The molecule has 2 rings (SSSR count). The van der Waals surface area contributed by atoms with Crippen LogP contribution in [-0.2, 0) is 6.54 Å². The minimum atomic E-state index is 0. The van der Waals surface area contributed by atoms with Gasteiger partial charge in [-0.05, 0) is 31.2 Å². The van der Waals surface area contributed by atoms with Crippen molar-refractivity contribution < 1.29 is 0 Å². The summed E-state index contributed by atoms with van der Waals surface area (Å²) >= 11 is 1.86. The van der Waals surface area contributed by atoms with Crippen LogP contribution in [0, 0.1) is 0 Å². The van der Waals surface area contributed by atoms with Crippen LogP contribution in [0.3, 0.4) is 0 Å². The number of thioether (sulfide) groups is 1. The number of hydrogen-bond donors (Lipinski definition) is 2. The van der Waals surface area contributed by atoms with Gasteiger partial charge in [-0.15, -0.1) is 35.7 Å². The van der Waals surface area contributed by atoms with Gasteiger partial charge in [-0.1, -0.05) is 31.2 Å². The molecular formula is C18H25IN4S. The third-order valence-electron chi connectivity index (χ3n) is 3.11. The van der Waals surface area contributed by atoms with Crippen LogP contribution in [0.1, 0.15) is 19.5 Å². The van der Waals surface area contributed by atoms with E-state index in [0.717, 1.165) is 24.7 Å². The molecule has 4 nitrogen and oxygen atoms in total. The molecule has 0 aliphatic carbocycles. The summed E-state index contributed by atoms with van der Waals surface area (Å²) in [5.41, 5.74) is 0.969. The third kappa shape index (κ3) is 8.01. The zero-order valence-corrected chi connectivity index (χ0v) is 17.3. The highest BCUT2D eigenvalue weighted by atomic mass is 127. The number of halogens is 1. The van der Waals surface area contributed by atoms with Crippen LogP contribution in [0.25, 0.3) is 0 Å². The number of hydrogen-bond acceptors (Lipinski definition) is 3. The number of benzene rings is 1. The van der Waals surface area contributed by atoms with Crippen molar-refractivity contribution >= 4 is 41.7 Å². The Balaban J connectivity index is 0.00000288. The van der Waals surface area contributed by atoms with Gasteiger partial charge in [-0.2, -0.15) is 0 Å². The zero-order chi connectivity index (χ0) is 16.3. The number of rotatable bonds is 7. The van der Waals surface area contributed by atoms with Crippen molar-refractivity contribution in [3.8, 4) is 0 Å². The molecule has 0 aliphatic heterocycles. The third-order valence-corrected chi connectivity index (χ3v) is 4.22. The Labute approximate surface area is 166 Å². The van der Waals surface area contributed by atoms with E-state index in [9.17, 15) is 0 Å². The normalized spacial score (nSPS) is 12.2. The lowest BCUT2D eigenvalue weighted by atomic mass is 10.3. The van der Waals surface area contributed by atoms with Crippen molar-refractivity contribution in [3.63, 3.8) is 0 Å². The zero-order valence-electron chi connectivity index (χ0n) is 14.1. The summed E-state index contributed by atoms with van der Waals surface area (Å²) in [4.78, 5) is 10.2. The van der Waals surface area contributed by atoms with Gasteiger partial charge in [0.05, 0.1) is 12.2 Å². The van der Waals surface area contributed by atoms with Gasteiger partial charge in [-0.3, -0.25) is 4.98 Å². The summed E-state index contributed by atoms with van der Waals surface area (Å²) < 4.78 is 0. The Hall–Kier alpha value is -1.28. The van der Waals surface area contributed by atoms with Gasteiger partial charge in [0.2, 0.25) is 0 Å². The second-order valence-corrected chi connectivity index (χ2v) is 6.65. The second kappa shape index (κ2) is 12.1. The lowest BCUT2D eigenvalue weighted by molar-refractivity contribution is 0.792. The van der Waals surface area contributed by atoms with Crippen LogP contribution in [0.2, 0.25) is 0 Å². The van der Waals surface area contributed by atoms with E-state index in [1.54, 1.807) is 6.20 Å². The number of nitrogens with zero attached hydrogens (tertiary/aromatic N) is 2. The molecule has 24 heavy (non-hydrogen) atoms. The van der Waals surface area contributed by atoms with Crippen molar-refractivity contribution in [2.24, 2.45) is 4.99 Å². The van der Waals surface area contributed by atoms with E-state index in [2.05, 4.69) is 58.7 Å². The summed E-state index contributed by atoms with van der Waals surface area (Å²) in [5, 5.41) is 7.13. The van der Waals surface area contributed by atoms with Crippen molar-refractivity contribution in [3.05, 3.63) is 60.4 Å². The lowest BCUT2D eigenvalue weighted by Gasteiger charge is -2.15. The summed E-state index contributed by atoms with van der Waals surface area (Å²) in [6, 6.07) is 16.3. The molecular weight excluding hydrogens is 431 g/mol. The standard InChI is InChI=1S/C18H24N4S.HI/c1-3-19-18(22-14-16-9-7-8-12-20-16)21-13-15(2)23-17-10-5-4-6-11-17;/h4-12,15H,3,13-14H2,1-2H3,(H2,19,21,22);1H. The van der Waals surface area contributed by atoms with Crippen LogP contribution < -0.4 is 10.6 Å². The fourth-order valence-electron chi connectivity index (χ4n) is 2.01. The van der Waals surface area contributed by atoms with Crippen LogP contribution in [0.4, 0.5) is 0 Å².